The van der Waals surface area contributed by atoms with Crippen LogP contribution in [0.4, 0.5) is 0 Å². The van der Waals surface area contributed by atoms with E-state index in [0.717, 1.165) is 5.56 Å². The second-order valence-corrected chi connectivity index (χ2v) is 6.27. The number of rotatable bonds is 1. The Hall–Kier alpha value is -1.42. The molecule has 18 heavy (non-hydrogen) atoms. The predicted molar refractivity (Wildman–Crippen MR) is 76.4 cm³/mol. The van der Waals surface area contributed by atoms with Crippen molar-refractivity contribution >= 4 is 23.2 Å². The quantitative estimate of drug-likeness (QED) is 0.762. The van der Waals surface area contributed by atoms with Crippen LogP contribution in [0.5, 0.6) is 0 Å². The largest absolute Gasteiger partial charge is 0.345 e. The van der Waals surface area contributed by atoms with Gasteiger partial charge in [0.15, 0.2) is 5.11 Å². The Bertz CT molecular complexity index is 502. The van der Waals surface area contributed by atoms with Crippen LogP contribution in [0.2, 0.25) is 0 Å². The molecule has 0 aliphatic carbocycles. The molecule has 2 rings (SSSR count). The van der Waals surface area contributed by atoms with Crippen LogP contribution in [0.15, 0.2) is 24.3 Å². The molecule has 0 bridgehead atoms. The highest BCUT2D eigenvalue weighted by Crippen LogP contribution is 2.28. The van der Waals surface area contributed by atoms with Crippen LogP contribution in [0.3, 0.4) is 0 Å². The van der Waals surface area contributed by atoms with Crippen LogP contribution in [-0.2, 0) is 15.7 Å². The predicted octanol–water partition coefficient (Wildman–Crippen LogP) is 2.20. The zero-order valence-corrected chi connectivity index (χ0v) is 11.9. The Morgan fingerprint density at radius 1 is 1.17 bits per heavy atom. The van der Waals surface area contributed by atoms with Gasteiger partial charge < -0.3 is 10.6 Å². The van der Waals surface area contributed by atoms with Crippen LogP contribution in [-0.4, -0.2) is 11.0 Å². The van der Waals surface area contributed by atoms with Gasteiger partial charge in [0.2, 0.25) is 0 Å². The number of amides is 1. The average molecular weight is 262 g/mol. The summed E-state index contributed by atoms with van der Waals surface area (Å²) in [5.74, 6) is -0.101. The van der Waals surface area contributed by atoms with Crippen molar-refractivity contribution in [2.75, 3.05) is 0 Å². The van der Waals surface area contributed by atoms with E-state index < -0.39 is 5.54 Å². The SMILES string of the molecule is CC(C)(C)c1ccc(C2(C)NC(=S)NC2=O)cc1. The minimum Gasteiger partial charge on any atom is -0.345 e. The van der Waals surface area contributed by atoms with Crippen molar-refractivity contribution in [1.29, 1.82) is 0 Å². The van der Waals surface area contributed by atoms with Crippen LogP contribution in [0, 0.1) is 0 Å². The molecule has 1 aliphatic rings. The molecule has 0 spiro atoms. The van der Waals surface area contributed by atoms with Gasteiger partial charge in [-0.2, -0.15) is 0 Å². The first-order valence-electron chi connectivity index (χ1n) is 5.98. The number of benzene rings is 1. The lowest BCUT2D eigenvalue weighted by atomic mass is 9.84. The topological polar surface area (TPSA) is 41.1 Å². The summed E-state index contributed by atoms with van der Waals surface area (Å²) in [6.07, 6.45) is 0. The number of carbonyl (C=O) groups excluding carboxylic acids is 1. The van der Waals surface area contributed by atoms with Crippen LogP contribution in [0.1, 0.15) is 38.8 Å². The van der Waals surface area contributed by atoms with E-state index in [-0.39, 0.29) is 11.3 Å². The second-order valence-electron chi connectivity index (χ2n) is 5.86. The maximum atomic E-state index is 11.9. The molecule has 0 aromatic heterocycles. The van der Waals surface area contributed by atoms with Crippen molar-refractivity contribution in [3.8, 4) is 0 Å². The summed E-state index contributed by atoms with van der Waals surface area (Å²) in [5, 5.41) is 6.05. The lowest BCUT2D eigenvalue weighted by molar-refractivity contribution is -0.123. The molecule has 1 amide bonds. The van der Waals surface area contributed by atoms with Crippen molar-refractivity contribution in [3.63, 3.8) is 0 Å². The van der Waals surface area contributed by atoms with Gasteiger partial charge in [0.05, 0.1) is 0 Å². The molecule has 1 aromatic rings. The summed E-state index contributed by atoms with van der Waals surface area (Å²) >= 11 is 4.99. The zero-order chi connectivity index (χ0) is 13.6. The highest BCUT2D eigenvalue weighted by Gasteiger charge is 2.41. The summed E-state index contributed by atoms with van der Waals surface area (Å²) in [6, 6.07) is 8.11. The Kier molecular flexibility index (Phi) is 2.93. The van der Waals surface area contributed by atoms with Gasteiger partial charge in [0.1, 0.15) is 5.54 Å². The van der Waals surface area contributed by atoms with Gasteiger partial charge >= 0.3 is 0 Å². The van der Waals surface area contributed by atoms with Crippen molar-refractivity contribution < 1.29 is 4.79 Å². The molecule has 3 nitrogen and oxygen atoms in total. The lowest BCUT2D eigenvalue weighted by Crippen LogP contribution is -2.40. The molecular weight excluding hydrogens is 244 g/mol. The minimum atomic E-state index is -0.756. The molecule has 1 saturated heterocycles. The maximum Gasteiger partial charge on any atom is 0.256 e. The van der Waals surface area contributed by atoms with E-state index in [0.29, 0.717) is 5.11 Å². The molecule has 1 heterocycles. The number of hydrogen-bond acceptors (Lipinski definition) is 2. The molecule has 1 aliphatic heterocycles. The fourth-order valence-electron chi connectivity index (χ4n) is 2.05. The van der Waals surface area contributed by atoms with Crippen molar-refractivity contribution in [1.82, 2.24) is 10.6 Å². The van der Waals surface area contributed by atoms with E-state index in [1.165, 1.54) is 5.56 Å². The highest BCUT2D eigenvalue weighted by molar-refractivity contribution is 7.80. The van der Waals surface area contributed by atoms with E-state index in [9.17, 15) is 4.79 Å². The maximum absolute atomic E-state index is 11.9. The first kappa shape index (κ1) is 13.0. The van der Waals surface area contributed by atoms with Crippen LogP contribution < -0.4 is 10.6 Å². The Labute approximate surface area is 113 Å². The molecular formula is C14H18N2OS. The van der Waals surface area contributed by atoms with Crippen molar-refractivity contribution in [2.45, 2.75) is 38.6 Å². The third-order valence-corrected chi connectivity index (χ3v) is 3.58. The first-order chi connectivity index (χ1) is 8.23. The number of hydrogen-bond donors (Lipinski definition) is 2. The average Bonchev–Trinajstić information content (AvgIpc) is 2.53. The Morgan fingerprint density at radius 3 is 2.11 bits per heavy atom. The third kappa shape index (κ3) is 2.12. The van der Waals surface area contributed by atoms with E-state index in [1.807, 2.05) is 19.1 Å². The van der Waals surface area contributed by atoms with Gasteiger partial charge in [-0.25, -0.2) is 0 Å². The van der Waals surface area contributed by atoms with Crippen LogP contribution in [0.25, 0.3) is 0 Å². The molecule has 1 aromatic carbocycles. The molecule has 2 N–H and O–H groups in total. The molecule has 4 heteroatoms. The highest BCUT2D eigenvalue weighted by atomic mass is 32.1. The van der Waals surface area contributed by atoms with Gasteiger partial charge in [-0.3, -0.25) is 4.79 Å². The third-order valence-electron chi connectivity index (χ3n) is 3.37. The summed E-state index contributed by atoms with van der Waals surface area (Å²) in [4.78, 5) is 11.9. The van der Waals surface area contributed by atoms with E-state index in [4.69, 9.17) is 12.2 Å². The Morgan fingerprint density at radius 2 is 1.72 bits per heavy atom. The summed E-state index contributed by atoms with van der Waals surface area (Å²) in [5.41, 5.74) is 1.52. The number of nitrogens with one attached hydrogen (secondary N) is 2. The standard InChI is InChI=1S/C14H18N2OS/c1-13(2,3)9-5-7-10(8-6-9)14(4)11(17)15-12(18)16-14/h5-8H,1-4H3,(H2,15,16,17,18). The number of carbonyl (C=O) groups is 1. The first-order valence-corrected chi connectivity index (χ1v) is 6.39. The smallest absolute Gasteiger partial charge is 0.256 e. The zero-order valence-electron chi connectivity index (χ0n) is 11.1. The van der Waals surface area contributed by atoms with Crippen molar-refractivity contribution in [3.05, 3.63) is 35.4 Å². The molecule has 0 saturated carbocycles. The lowest BCUT2D eigenvalue weighted by Gasteiger charge is -2.24. The van der Waals surface area contributed by atoms with Gasteiger partial charge in [0.25, 0.3) is 5.91 Å². The van der Waals surface area contributed by atoms with E-state index in [2.05, 4.69) is 43.5 Å². The molecule has 1 atom stereocenters. The summed E-state index contributed by atoms with van der Waals surface area (Å²) < 4.78 is 0. The molecule has 1 unspecified atom stereocenters. The molecule has 96 valence electrons. The second kappa shape index (κ2) is 4.05. The summed E-state index contributed by atoms with van der Waals surface area (Å²) in [6.45, 7) is 8.34. The van der Waals surface area contributed by atoms with E-state index in [1.54, 1.807) is 0 Å². The van der Waals surface area contributed by atoms with Crippen LogP contribution >= 0.6 is 12.2 Å². The fraction of sp³-hybridized carbons (Fsp3) is 0.429. The number of thiocarbonyl (C=S) groups is 1. The Balaban J connectivity index is 2.36. The molecule has 0 radical (unpaired) electrons. The minimum absolute atomic E-state index is 0.101. The van der Waals surface area contributed by atoms with Gasteiger partial charge in [-0.1, -0.05) is 45.0 Å². The summed E-state index contributed by atoms with van der Waals surface area (Å²) in [7, 11) is 0. The monoisotopic (exact) mass is 262 g/mol. The fourth-order valence-corrected chi connectivity index (χ4v) is 2.35. The van der Waals surface area contributed by atoms with Gasteiger partial charge in [-0.05, 0) is 35.7 Å². The molecule has 1 fully saturated rings. The van der Waals surface area contributed by atoms with E-state index >= 15 is 0 Å². The normalized spacial score (nSPS) is 23.8. The van der Waals surface area contributed by atoms with Crippen molar-refractivity contribution in [2.24, 2.45) is 0 Å². The van der Waals surface area contributed by atoms with Gasteiger partial charge in [0, 0.05) is 0 Å². The van der Waals surface area contributed by atoms with Gasteiger partial charge in [-0.15, -0.1) is 0 Å².